The summed E-state index contributed by atoms with van der Waals surface area (Å²) >= 11 is 17.0. The monoisotopic (exact) mass is 1300 g/mol. The fraction of sp³-hybridized carbons (Fsp3) is 0.0735. The van der Waals surface area contributed by atoms with Gasteiger partial charge in [0.1, 0.15) is 5.75 Å². The second kappa shape index (κ2) is 27.2. The van der Waals surface area contributed by atoms with Crippen molar-refractivity contribution in [3.8, 4) is 16.9 Å². The van der Waals surface area contributed by atoms with E-state index >= 15 is 0 Å². The molecule has 16 aromatic rings. The summed E-state index contributed by atoms with van der Waals surface area (Å²) in [5.41, 5.74) is 14.3. The molecule has 0 radical (unpaired) electrons. The van der Waals surface area contributed by atoms with Crippen LogP contribution in [0, 0.1) is 0 Å². The number of benzene rings is 7. The molecule has 0 saturated carbocycles. The number of hydrogen-bond acceptors (Lipinski definition) is 19. The molecule has 7 aromatic carbocycles. The van der Waals surface area contributed by atoms with Crippen molar-refractivity contribution in [3.63, 3.8) is 0 Å². The number of thiophene rings is 3. The molecule has 0 saturated heterocycles. The Bertz CT molecular complexity index is 5200. The normalized spacial score (nSPS) is 11.2. The molecule has 0 unspecified atom stereocenters. The van der Waals surface area contributed by atoms with Gasteiger partial charge in [0.05, 0.1) is 72.9 Å². The average molecular weight is 1310 g/mol. The highest BCUT2D eigenvalue weighted by atomic mass is 35.5. The number of nitrogens with one attached hydrogen (secondary N) is 9. The SMILES string of the molecule is COc1cccc(CCNc2nc(Nc3ccc4[nH]ncc4c3)c3sccc3n2)c1.Clc1cc(Cl)cc(CNc2nc(Nc3ccc4[nH]ncc4c3)c3sccc3n2)c1.c1ccc(-c2cccc(CNc3nc(Nc4ccc5[nH]ncc5c4)c4sccc4n3)c2)cc1. The summed E-state index contributed by atoms with van der Waals surface area (Å²) in [4.78, 5) is 28.2. The van der Waals surface area contributed by atoms with Crippen LogP contribution >= 0.6 is 57.2 Å². The molecule has 0 aliphatic heterocycles. The van der Waals surface area contributed by atoms with Gasteiger partial charge in [-0.3, -0.25) is 15.3 Å². The van der Waals surface area contributed by atoms with Gasteiger partial charge in [0.2, 0.25) is 17.8 Å². The van der Waals surface area contributed by atoms with Crippen LogP contribution in [-0.2, 0) is 19.5 Å². The first-order chi connectivity index (χ1) is 45.2. The highest BCUT2D eigenvalue weighted by Crippen LogP contribution is 2.35. The number of ether oxygens (including phenoxy) is 1. The van der Waals surface area contributed by atoms with Gasteiger partial charge in [-0.1, -0.05) is 83.9 Å². The highest BCUT2D eigenvalue weighted by molar-refractivity contribution is 7.18. The molecule has 92 heavy (non-hydrogen) atoms. The Kier molecular flexibility index (Phi) is 17.4. The molecule has 9 aromatic heterocycles. The minimum atomic E-state index is 0.510. The number of hydrogen-bond donors (Lipinski definition) is 9. The van der Waals surface area contributed by atoms with Crippen LogP contribution in [0.4, 0.5) is 52.4 Å². The van der Waals surface area contributed by atoms with Gasteiger partial charge >= 0.3 is 0 Å². The van der Waals surface area contributed by atoms with Crippen molar-refractivity contribution >= 4 is 173 Å². The second-order valence-corrected chi connectivity index (χ2v) is 24.7. The van der Waals surface area contributed by atoms with Crippen LogP contribution in [0.3, 0.4) is 0 Å². The first-order valence-corrected chi connectivity index (χ1v) is 32.4. The lowest BCUT2D eigenvalue weighted by atomic mass is 10.0. The maximum absolute atomic E-state index is 6.09. The minimum absolute atomic E-state index is 0.510. The summed E-state index contributed by atoms with van der Waals surface area (Å²) in [6, 6.07) is 56.6. The summed E-state index contributed by atoms with van der Waals surface area (Å²) < 4.78 is 8.34. The van der Waals surface area contributed by atoms with Gasteiger partial charge in [-0.05, 0) is 160 Å². The summed E-state index contributed by atoms with van der Waals surface area (Å²) in [6.45, 7) is 1.87. The van der Waals surface area contributed by atoms with Crippen molar-refractivity contribution in [1.82, 2.24) is 60.5 Å². The maximum atomic E-state index is 6.09. The Labute approximate surface area is 547 Å². The van der Waals surface area contributed by atoms with Crippen LogP contribution in [0.25, 0.3) is 74.5 Å². The number of aromatic amines is 3. The Morgan fingerprint density at radius 2 is 0.870 bits per heavy atom. The molecule has 24 heteroatoms. The Morgan fingerprint density at radius 3 is 1.37 bits per heavy atom. The van der Waals surface area contributed by atoms with Crippen LogP contribution < -0.4 is 36.6 Å². The molecular weight excluding hydrogens is 1250 g/mol. The van der Waals surface area contributed by atoms with Gasteiger partial charge in [0.15, 0.2) is 17.5 Å². The summed E-state index contributed by atoms with van der Waals surface area (Å²) in [5.74, 6) is 4.93. The van der Waals surface area contributed by atoms with Crippen molar-refractivity contribution in [1.29, 1.82) is 0 Å². The molecule has 0 amide bonds. The maximum Gasteiger partial charge on any atom is 0.225 e. The number of halogens is 2. The number of methoxy groups -OCH3 is 1. The van der Waals surface area contributed by atoms with Gasteiger partial charge in [-0.15, -0.1) is 34.0 Å². The van der Waals surface area contributed by atoms with Crippen LogP contribution in [0.5, 0.6) is 5.75 Å². The van der Waals surface area contributed by atoms with E-state index in [1.165, 1.54) is 22.3 Å². The third kappa shape index (κ3) is 14.0. The van der Waals surface area contributed by atoms with Gasteiger partial charge in [-0.25, -0.2) is 15.0 Å². The van der Waals surface area contributed by atoms with Crippen molar-refractivity contribution in [2.75, 3.05) is 45.6 Å². The predicted molar refractivity (Wildman–Crippen MR) is 379 cm³/mol. The Morgan fingerprint density at radius 1 is 0.413 bits per heavy atom. The van der Waals surface area contributed by atoms with Crippen LogP contribution in [0.2, 0.25) is 10.0 Å². The molecule has 0 fully saturated rings. The van der Waals surface area contributed by atoms with Crippen molar-refractivity contribution in [2.24, 2.45) is 0 Å². The number of rotatable bonds is 18. The fourth-order valence-electron chi connectivity index (χ4n) is 10.3. The minimum Gasteiger partial charge on any atom is -0.497 e. The second-order valence-electron chi connectivity index (χ2n) is 21.1. The van der Waals surface area contributed by atoms with E-state index in [0.29, 0.717) is 41.0 Å². The third-order valence-corrected chi connectivity index (χ3v) is 17.9. The molecule has 0 spiro atoms. The largest absolute Gasteiger partial charge is 0.497 e. The lowest BCUT2D eigenvalue weighted by Gasteiger charge is -2.11. The summed E-state index contributed by atoms with van der Waals surface area (Å²) in [7, 11) is 1.68. The lowest BCUT2D eigenvalue weighted by molar-refractivity contribution is 0.414. The van der Waals surface area contributed by atoms with Gasteiger partial charge in [-0.2, -0.15) is 30.2 Å². The average Bonchev–Trinajstić information content (AvgIpc) is 1.79. The first kappa shape index (κ1) is 58.9. The van der Waals surface area contributed by atoms with Crippen molar-refractivity contribution in [3.05, 3.63) is 231 Å². The molecule has 0 bridgehead atoms. The summed E-state index contributed by atoms with van der Waals surface area (Å²) in [5, 5.41) is 51.9. The highest BCUT2D eigenvalue weighted by Gasteiger charge is 2.15. The molecule has 0 aliphatic rings. The van der Waals surface area contributed by atoms with Gasteiger partial charge in [0.25, 0.3) is 0 Å². The Hall–Kier alpha value is -10.8. The fourth-order valence-corrected chi connectivity index (χ4v) is 13.2. The van der Waals surface area contributed by atoms with E-state index in [-0.39, 0.29) is 0 Å². The molecular formula is C68H54Cl2N18OS3. The van der Waals surface area contributed by atoms with Crippen molar-refractivity contribution in [2.45, 2.75) is 19.5 Å². The van der Waals surface area contributed by atoms with E-state index in [1.54, 1.807) is 53.4 Å². The molecule has 16 rings (SSSR count). The number of H-pyrrole nitrogens is 3. The van der Waals surface area contributed by atoms with E-state index in [0.717, 1.165) is 122 Å². The topological polar surface area (TPSA) is 245 Å². The number of anilines is 9. The lowest BCUT2D eigenvalue weighted by Crippen LogP contribution is -2.09. The van der Waals surface area contributed by atoms with E-state index in [1.807, 2.05) is 126 Å². The summed E-state index contributed by atoms with van der Waals surface area (Å²) in [6.07, 6.45) is 6.27. The standard InChI is InChI=1S/C26H20N6S.C22H20N6OS.C20H14Cl2N6S/c1-2-6-18(7-3-1)19-8-4-5-17(13-19)15-27-26-30-23-11-12-33-24(23)25(31-26)29-21-9-10-22-20(14-21)16-28-32-22;1-29-17-4-2-3-14(11-17)7-9-23-22-26-19-8-10-30-20(19)21(27-22)25-16-5-6-18-15(12-16)13-24-28-18;21-13-5-11(6-14(22)8-13)9-23-20-26-17-3-4-29-18(17)19(27-20)25-15-1-2-16-12(7-15)10-24-28-16/h1-14,16H,15H2,(H,28,32)(H2,27,29,30,31);2-6,8,10-13H,7,9H2,1H3,(H,24,28)(H2,23,25,26,27);1-8,10H,9H2,(H,24,28)(H2,23,25,26,27). The van der Waals surface area contributed by atoms with E-state index in [9.17, 15) is 0 Å². The van der Waals surface area contributed by atoms with Crippen LogP contribution in [0.1, 0.15) is 16.7 Å². The quantitative estimate of drug-likeness (QED) is 0.0388. The number of aromatic nitrogens is 12. The van der Waals surface area contributed by atoms with Crippen LogP contribution in [-0.4, -0.2) is 74.2 Å². The molecule has 9 N–H and O–H groups in total. The Balaban J connectivity index is 0.000000120. The third-order valence-electron chi connectivity index (χ3n) is 14.7. The molecule has 0 aliphatic carbocycles. The van der Waals surface area contributed by atoms with Gasteiger partial charge in [0, 0.05) is 62.9 Å². The van der Waals surface area contributed by atoms with Gasteiger partial charge < -0.3 is 36.6 Å². The van der Waals surface area contributed by atoms with E-state index < -0.39 is 0 Å². The number of fused-ring (bicyclic) bond motifs is 6. The zero-order chi connectivity index (χ0) is 62.2. The van der Waals surface area contributed by atoms with Crippen molar-refractivity contribution < 1.29 is 4.74 Å². The zero-order valence-electron chi connectivity index (χ0n) is 48.9. The molecule has 19 nitrogen and oxygen atoms in total. The zero-order valence-corrected chi connectivity index (χ0v) is 52.8. The van der Waals surface area contributed by atoms with E-state index in [2.05, 4.69) is 144 Å². The molecule has 0 atom stereocenters. The molecule has 9 heterocycles. The van der Waals surface area contributed by atoms with Crippen LogP contribution in [0.15, 0.2) is 205 Å². The number of nitrogens with zero attached hydrogens (tertiary/aromatic N) is 9. The molecule has 454 valence electrons. The smallest absolute Gasteiger partial charge is 0.225 e. The predicted octanol–water partition coefficient (Wildman–Crippen LogP) is 17.8. The van der Waals surface area contributed by atoms with E-state index in [4.69, 9.17) is 42.9 Å². The first-order valence-electron chi connectivity index (χ1n) is 29.0.